The van der Waals surface area contributed by atoms with E-state index in [1.165, 1.54) is 24.2 Å². The van der Waals surface area contributed by atoms with Crippen LogP contribution in [0.1, 0.15) is 24.5 Å². The van der Waals surface area contributed by atoms with Crippen LogP contribution in [-0.4, -0.2) is 23.3 Å². The van der Waals surface area contributed by atoms with Gasteiger partial charge in [-0.1, -0.05) is 23.7 Å². The van der Waals surface area contributed by atoms with Crippen LogP contribution in [0.3, 0.4) is 0 Å². The van der Waals surface area contributed by atoms with Crippen LogP contribution in [0.25, 0.3) is 11.3 Å². The maximum absolute atomic E-state index is 5.94. The van der Waals surface area contributed by atoms with Crippen LogP contribution in [0.4, 0.5) is 5.69 Å². The number of nitrogens with zero attached hydrogens (tertiary/aromatic N) is 2. The van der Waals surface area contributed by atoms with Gasteiger partial charge in [0, 0.05) is 29.6 Å². The number of rotatable bonds is 1. The number of halogens is 1. The van der Waals surface area contributed by atoms with Crippen molar-refractivity contribution in [3.05, 3.63) is 35.0 Å². The van der Waals surface area contributed by atoms with E-state index in [-0.39, 0.29) is 0 Å². The van der Waals surface area contributed by atoms with Crippen LogP contribution in [0.5, 0.6) is 0 Å². The van der Waals surface area contributed by atoms with Crippen LogP contribution in [0, 0.1) is 0 Å². The van der Waals surface area contributed by atoms with E-state index in [2.05, 4.69) is 15.1 Å². The standard InChI is InChI=1S/C14H14ClN3/c15-11-3-1-9(2-4-11)12-14-13(17-16-12)10-5-7-18(14)8-6-10/h1-4,10H,5-8H2,(H,16,17). The van der Waals surface area contributed by atoms with Gasteiger partial charge in [-0.2, -0.15) is 5.10 Å². The fourth-order valence-electron chi connectivity index (χ4n) is 3.16. The lowest BCUT2D eigenvalue weighted by Crippen LogP contribution is -2.38. The second-order valence-electron chi connectivity index (χ2n) is 5.10. The van der Waals surface area contributed by atoms with E-state index in [4.69, 9.17) is 11.6 Å². The van der Waals surface area contributed by atoms with Crippen LogP contribution in [0.15, 0.2) is 24.3 Å². The van der Waals surface area contributed by atoms with Crippen molar-refractivity contribution in [3.8, 4) is 11.3 Å². The third kappa shape index (κ3) is 1.40. The minimum absolute atomic E-state index is 0.679. The van der Waals surface area contributed by atoms with Gasteiger partial charge in [0.1, 0.15) is 5.69 Å². The zero-order valence-corrected chi connectivity index (χ0v) is 10.7. The normalized spacial score (nSPS) is 18.2. The molecule has 18 heavy (non-hydrogen) atoms. The molecule has 1 aromatic heterocycles. The Labute approximate surface area is 111 Å². The number of anilines is 1. The molecule has 1 saturated heterocycles. The Kier molecular flexibility index (Phi) is 2.18. The summed E-state index contributed by atoms with van der Waals surface area (Å²) in [6.07, 6.45) is 2.52. The molecule has 0 aliphatic carbocycles. The molecule has 0 amide bonds. The fourth-order valence-corrected chi connectivity index (χ4v) is 3.28. The number of aromatic nitrogens is 2. The molecule has 3 aliphatic heterocycles. The summed E-state index contributed by atoms with van der Waals surface area (Å²) < 4.78 is 0. The molecule has 3 aliphatic rings. The molecule has 2 bridgehead atoms. The zero-order valence-electron chi connectivity index (χ0n) is 9.99. The molecule has 92 valence electrons. The van der Waals surface area contributed by atoms with Gasteiger partial charge in [0.15, 0.2) is 0 Å². The highest BCUT2D eigenvalue weighted by Crippen LogP contribution is 2.45. The molecule has 5 rings (SSSR count). The molecule has 0 radical (unpaired) electrons. The predicted octanol–water partition coefficient (Wildman–Crippen LogP) is 3.43. The molecule has 0 saturated carbocycles. The largest absolute Gasteiger partial charge is 0.368 e. The Balaban J connectivity index is 1.86. The number of aromatic amines is 1. The minimum atomic E-state index is 0.679. The lowest BCUT2D eigenvalue weighted by atomic mass is 9.86. The predicted molar refractivity (Wildman–Crippen MR) is 73.2 cm³/mol. The molecular formula is C14H14ClN3. The zero-order chi connectivity index (χ0) is 12.1. The van der Waals surface area contributed by atoms with Crippen molar-refractivity contribution in [1.82, 2.24) is 10.2 Å². The van der Waals surface area contributed by atoms with E-state index in [9.17, 15) is 0 Å². The molecule has 4 heteroatoms. The number of hydrogen-bond acceptors (Lipinski definition) is 2. The Morgan fingerprint density at radius 3 is 2.61 bits per heavy atom. The van der Waals surface area contributed by atoms with Gasteiger partial charge in [0.2, 0.25) is 0 Å². The van der Waals surface area contributed by atoms with E-state index in [0.717, 1.165) is 29.4 Å². The van der Waals surface area contributed by atoms with E-state index in [0.29, 0.717) is 5.92 Å². The number of benzene rings is 1. The van der Waals surface area contributed by atoms with Crippen molar-refractivity contribution in [3.63, 3.8) is 0 Å². The van der Waals surface area contributed by atoms with E-state index in [1.54, 1.807) is 0 Å². The van der Waals surface area contributed by atoms with Crippen molar-refractivity contribution in [1.29, 1.82) is 0 Å². The number of nitrogens with one attached hydrogen (secondary N) is 1. The molecule has 1 aromatic carbocycles. The average Bonchev–Trinajstić information content (AvgIpc) is 2.88. The van der Waals surface area contributed by atoms with Gasteiger partial charge in [0.05, 0.1) is 11.4 Å². The van der Waals surface area contributed by atoms with Gasteiger partial charge in [0.25, 0.3) is 0 Å². The summed E-state index contributed by atoms with van der Waals surface area (Å²) in [5, 5.41) is 8.54. The van der Waals surface area contributed by atoms with E-state index >= 15 is 0 Å². The van der Waals surface area contributed by atoms with E-state index < -0.39 is 0 Å². The average molecular weight is 260 g/mol. The van der Waals surface area contributed by atoms with Crippen molar-refractivity contribution in [2.24, 2.45) is 0 Å². The van der Waals surface area contributed by atoms with E-state index in [1.807, 2.05) is 24.3 Å². The summed E-state index contributed by atoms with van der Waals surface area (Å²) in [6, 6.07) is 7.94. The number of H-pyrrole nitrogens is 1. The van der Waals surface area contributed by atoms with Crippen LogP contribution in [-0.2, 0) is 0 Å². The molecule has 1 fully saturated rings. The van der Waals surface area contributed by atoms with Gasteiger partial charge in [-0.3, -0.25) is 5.10 Å². The SMILES string of the molecule is Clc1ccc(-c2n[nH]c3c2N2CCC3CC2)cc1. The topological polar surface area (TPSA) is 31.9 Å². The quantitative estimate of drug-likeness (QED) is 0.851. The number of hydrogen-bond donors (Lipinski definition) is 1. The Hall–Kier alpha value is -1.48. The highest BCUT2D eigenvalue weighted by atomic mass is 35.5. The second kappa shape index (κ2) is 3.75. The first-order chi connectivity index (χ1) is 8.83. The third-order valence-electron chi connectivity index (χ3n) is 4.10. The van der Waals surface area contributed by atoms with Gasteiger partial charge in [-0.25, -0.2) is 0 Å². The molecular weight excluding hydrogens is 246 g/mol. The minimum Gasteiger partial charge on any atom is -0.368 e. The van der Waals surface area contributed by atoms with Crippen LogP contribution < -0.4 is 4.90 Å². The molecule has 0 unspecified atom stereocenters. The van der Waals surface area contributed by atoms with Crippen LogP contribution in [0.2, 0.25) is 5.02 Å². The van der Waals surface area contributed by atoms with Crippen molar-refractivity contribution in [2.45, 2.75) is 18.8 Å². The number of piperidine rings is 1. The molecule has 1 N–H and O–H groups in total. The highest BCUT2D eigenvalue weighted by molar-refractivity contribution is 6.30. The summed E-state index contributed by atoms with van der Waals surface area (Å²) in [5.74, 6) is 0.679. The van der Waals surface area contributed by atoms with Crippen molar-refractivity contribution in [2.75, 3.05) is 18.0 Å². The molecule has 3 nitrogen and oxygen atoms in total. The van der Waals surface area contributed by atoms with Crippen LogP contribution >= 0.6 is 11.6 Å². The first-order valence-electron chi connectivity index (χ1n) is 6.42. The van der Waals surface area contributed by atoms with Gasteiger partial charge in [-0.15, -0.1) is 0 Å². The smallest absolute Gasteiger partial charge is 0.116 e. The van der Waals surface area contributed by atoms with Gasteiger partial charge in [-0.05, 0) is 25.0 Å². The Morgan fingerprint density at radius 1 is 1.17 bits per heavy atom. The third-order valence-corrected chi connectivity index (χ3v) is 4.36. The monoisotopic (exact) mass is 259 g/mol. The summed E-state index contributed by atoms with van der Waals surface area (Å²) in [5.41, 5.74) is 4.87. The maximum atomic E-state index is 5.94. The van der Waals surface area contributed by atoms with Crippen molar-refractivity contribution < 1.29 is 0 Å². The Morgan fingerprint density at radius 2 is 1.89 bits per heavy atom. The lowest BCUT2D eigenvalue weighted by molar-refractivity contribution is 0.466. The number of fused-ring (bicyclic) bond motifs is 2. The molecule has 0 spiro atoms. The summed E-state index contributed by atoms with van der Waals surface area (Å²) in [4.78, 5) is 2.46. The van der Waals surface area contributed by atoms with Gasteiger partial charge >= 0.3 is 0 Å². The molecule has 2 aromatic rings. The van der Waals surface area contributed by atoms with Crippen molar-refractivity contribution >= 4 is 17.3 Å². The summed E-state index contributed by atoms with van der Waals surface area (Å²) in [7, 11) is 0. The first-order valence-corrected chi connectivity index (χ1v) is 6.80. The maximum Gasteiger partial charge on any atom is 0.116 e. The lowest BCUT2D eigenvalue weighted by Gasteiger charge is -2.40. The first kappa shape index (κ1) is 10.4. The van der Waals surface area contributed by atoms with Gasteiger partial charge < -0.3 is 4.90 Å². The summed E-state index contributed by atoms with van der Waals surface area (Å²) >= 11 is 5.94. The summed E-state index contributed by atoms with van der Waals surface area (Å²) in [6.45, 7) is 2.33. The molecule has 4 heterocycles. The highest BCUT2D eigenvalue weighted by Gasteiger charge is 2.35. The molecule has 0 atom stereocenters. The second-order valence-corrected chi connectivity index (χ2v) is 5.54. The fraction of sp³-hybridized carbons (Fsp3) is 0.357. The Bertz CT molecular complexity index is 580.